The van der Waals surface area contributed by atoms with Gasteiger partial charge in [-0.05, 0) is 36.7 Å². The van der Waals surface area contributed by atoms with Gasteiger partial charge in [-0.25, -0.2) is 0 Å². The number of hydrogen-bond donors (Lipinski definition) is 0. The molecule has 0 unspecified atom stereocenters. The van der Waals surface area contributed by atoms with Crippen LogP contribution in [-0.2, 0) is 4.79 Å². The molecule has 0 aliphatic carbocycles. The molecule has 2 heterocycles. The van der Waals surface area contributed by atoms with Gasteiger partial charge in [0.15, 0.2) is 6.61 Å². The molecule has 2 aromatic rings. The van der Waals surface area contributed by atoms with Crippen LogP contribution in [0.1, 0.15) is 11.6 Å². The van der Waals surface area contributed by atoms with Gasteiger partial charge in [-0.1, -0.05) is 48.0 Å². The third-order valence-corrected chi connectivity index (χ3v) is 5.78. The van der Waals surface area contributed by atoms with Gasteiger partial charge < -0.3 is 9.64 Å². The molecule has 1 amide bonds. The van der Waals surface area contributed by atoms with Crippen molar-refractivity contribution in [2.45, 2.75) is 6.04 Å². The Balaban J connectivity index is 1.39. The summed E-state index contributed by atoms with van der Waals surface area (Å²) in [5.41, 5.74) is 1.34. The fourth-order valence-corrected chi connectivity index (χ4v) is 4.59. The molecule has 3 atom stereocenters. The van der Waals surface area contributed by atoms with Gasteiger partial charge in [0.1, 0.15) is 5.75 Å². The van der Waals surface area contributed by atoms with Gasteiger partial charge in [0.05, 0.1) is 0 Å². The molecule has 0 bridgehead atoms. The van der Waals surface area contributed by atoms with Crippen LogP contribution in [0.4, 0.5) is 0 Å². The lowest BCUT2D eigenvalue weighted by atomic mass is 9.90. The van der Waals surface area contributed by atoms with Gasteiger partial charge in [0, 0.05) is 36.6 Å². The number of rotatable bonds is 4. The first kappa shape index (κ1) is 17.4. The lowest BCUT2D eigenvalue weighted by Crippen LogP contribution is -2.36. The Morgan fingerprint density at radius 1 is 1.12 bits per heavy atom. The topological polar surface area (TPSA) is 32.8 Å². The fourth-order valence-electron chi connectivity index (χ4n) is 4.41. The van der Waals surface area contributed by atoms with Crippen molar-refractivity contribution >= 4 is 17.5 Å². The van der Waals surface area contributed by atoms with Crippen molar-refractivity contribution < 1.29 is 9.53 Å². The smallest absolute Gasteiger partial charge is 0.260 e. The highest BCUT2D eigenvalue weighted by atomic mass is 35.5. The first-order chi connectivity index (χ1) is 12.6. The van der Waals surface area contributed by atoms with Crippen molar-refractivity contribution in [3.05, 3.63) is 65.2 Å². The van der Waals surface area contributed by atoms with Crippen molar-refractivity contribution in [3.8, 4) is 5.75 Å². The Hall–Kier alpha value is -2.04. The Morgan fingerprint density at radius 3 is 2.69 bits per heavy atom. The average molecular weight is 371 g/mol. The normalized spacial score (nSPS) is 25.3. The van der Waals surface area contributed by atoms with E-state index in [9.17, 15) is 4.79 Å². The molecule has 0 spiro atoms. The van der Waals surface area contributed by atoms with Crippen LogP contribution in [0.15, 0.2) is 54.6 Å². The van der Waals surface area contributed by atoms with Gasteiger partial charge in [-0.2, -0.15) is 0 Å². The quantitative estimate of drug-likeness (QED) is 0.826. The summed E-state index contributed by atoms with van der Waals surface area (Å²) in [6.07, 6.45) is 0. The van der Waals surface area contributed by atoms with Crippen LogP contribution < -0.4 is 4.74 Å². The number of benzene rings is 2. The van der Waals surface area contributed by atoms with Crippen LogP contribution >= 0.6 is 11.6 Å². The Kier molecular flexibility index (Phi) is 4.88. The lowest BCUT2D eigenvalue weighted by Gasteiger charge is -2.26. The number of nitrogens with zero attached hydrogens (tertiary/aromatic N) is 2. The zero-order valence-electron chi connectivity index (χ0n) is 14.8. The number of hydrogen-bond acceptors (Lipinski definition) is 3. The summed E-state index contributed by atoms with van der Waals surface area (Å²) >= 11 is 5.96. The van der Waals surface area contributed by atoms with E-state index in [0.29, 0.717) is 28.6 Å². The second-order valence-electron chi connectivity index (χ2n) is 7.26. The zero-order valence-corrected chi connectivity index (χ0v) is 15.6. The molecular formula is C21H23ClN2O2. The van der Waals surface area contributed by atoms with Crippen LogP contribution in [0.3, 0.4) is 0 Å². The standard InChI is InChI=1S/C21H23ClN2O2/c1-23-11-16-12-24(13-19(16)21(23)15-6-3-2-4-7-15)20(25)14-26-18-9-5-8-17(22)10-18/h2-10,16,19,21H,11-14H2,1H3/t16-,19+,21-/m0/s1. The molecule has 2 aliphatic rings. The van der Waals surface area contributed by atoms with Gasteiger partial charge in [0.25, 0.3) is 5.91 Å². The summed E-state index contributed by atoms with van der Waals surface area (Å²) < 4.78 is 5.63. The molecule has 136 valence electrons. The van der Waals surface area contributed by atoms with E-state index in [1.807, 2.05) is 23.1 Å². The molecular weight excluding hydrogens is 348 g/mol. The number of amides is 1. The number of halogens is 1. The van der Waals surface area contributed by atoms with Crippen molar-refractivity contribution in [1.82, 2.24) is 9.80 Å². The SMILES string of the molecule is CN1C[C@H]2CN(C(=O)COc3cccc(Cl)c3)C[C@H]2[C@@H]1c1ccccc1. The lowest BCUT2D eigenvalue weighted by molar-refractivity contribution is -0.132. The Labute approximate surface area is 159 Å². The Bertz CT molecular complexity index is 783. The highest BCUT2D eigenvalue weighted by Gasteiger charge is 2.47. The summed E-state index contributed by atoms with van der Waals surface area (Å²) in [4.78, 5) is 17.0. The van der Waals surface area contributed by atoms with Gasteiger partial charge >= 0.3 is 0 Å². The first-order valence-corrected chi connectivity index (χ1v) is 9.41. The minimum absolute atomic E-state index is 0.0499. The van der Waals surface area contributed by atoms with E-state index in [2.05, 4.69) is 36.2 Å². The van der Waals surface area contributed by atoms with Crippen LogP contribution in [0.5, 0.6) is 5.75 Å². The van der Waals surface area contributed by atoms with Gasteiger partial charge in [-0.3, -0.25) is 9.69 Å². The van der Waals surface area contributed by atoms with E-state index < -0.39 is 0 Å². The van der Waals surface area contributed by atoms with Crippen molar-refractivity contribution in [2.24, 2.45) is 11.8 Å². The fraction of sp³-hybridized carbons (Fsp3) is 0.381. The number of fused-ring (bicyclic) bond motifs is 1. The minimum Gasteiger partial charge on any atom is -0.484 e. The molecule has 2 aromatic carbocycles. The third-order valence-electron chi connectivity index (χ3n) is 5.55. The summed E-state index contributed by atoms with van der Waals surface area (Å²) in [6, 6.07) is 18.2. The first-order valence-electron chi connectivity index (χ1n) is 9.03. The van der Waals surface area contributed by atoms with E-state index in [4.69, 9.17) is 16.3 Å². The molecule has 2 saturated heterocycles. The Morgan fingerprint density at radius 2 is 1.92 bits per heavy atom. The number of likely N-dealkylation sites (tertiary alicyclic amines) is 2. The van der Waals surface area contributed by atoms with E-state index in [1.54, 1.807) is 12.1 Å². The minimum atomic E-state index is 0.0499. The van der Waals surface area contributed by atoms with Gasteiger partial charge in [0.2, 0.25) is 0 Å². The maximum atomic E-state index is 12.6. The summed E-state index contributed by atoms with van der Waals surface area (Å²) in [6.45, 7) is 2.71. The van der Waals surface area contributed by atoms with Gasteiger partial charge in [-0.15, -0.1) is 0 Å². The largest absolute Gasteiger partial charge is 0.484 e. The molecule has 4 nitrogen and oxygen atoms in total. The number of ether oxygens (including phenoxy) is 1. The molecule has 0 radical (unpaired) electrons. The van der Waals surface area contributed by atoms with E-state index in [1.165, 1.54) is 5.56 Å². The number of carbonyl (C=O) groups excluding carboxylic acids is 1. The molecule has 2 aliphatic heterocycles. The second-order valence-corrected chi connectivity index (χ2v) is 7.70. The van der Waals surface area contributed by atoms with Crippen LogP contribution in [-0.4, -0.2) is 49.0 Å². The van der Waals surface area contributed by atoms with Crippen LogP contribution in [0.2, 0.25) is 5.02 Å². The maximum absolute atomic E-state index is 12.6. The summed E-state index contributed by atoms with van der Waals surface area (Å²) in [5, 5.41) is 0.611. The van der Waals surface area contributed by atoms with E-state index in [-0.39, 0.29) is 12.5 Å². The van der Waals surface area contributed by atoms with Crippen molar-refractivity contribution in [3.63, 3.8) is 0 Å². The molecule has 5 heteroatoms. The predicted molar refractivity (Wildman–Crippen MR) is 102 cm³/mol. The summed E-state index contributed by atoms with van der Waals surface area (Å²) in [7, 11) is 2.18. The average Bonchev–Trinajstić information content (AvgIpc) is 3.17. The monoisotopic (exact) mass is 370 g/mol. The second kappa shape index (κ2) is 7.29. The van der Waals surface area contributed by atoms with Crippen LogP contribution in [0.25, 0.3) is 0 Å². The van der Waals surface area contributed by atoms with E-state index in [0.717, 1.165) is 19.6 Å². The third kappa shape index (κ3) is 3.44. The summed E-state index contributed by atoms with van der Waals surface area (Å²) in [5.74, 6) is 1.69. The molecule has 26 heavy (non-hydrogen) atoms. The molecule has 0 aromatic heterocycles. The highest BCUT2D eigenvalue weighted by molar-refractivity contribution is 6.30. The van der Waals surface area contributed by atoms with E-state index >= 15 is 0 Å². The maximum Gasteiger partial charge on any atom is 0.260 e. The van der Waals surface area contributed by atoms with Crippen LogP contribution in [0, 0.1) is 11.8 Å². The molecule has 0 N–H and O–H groups in total. The zero-order chi connectivity index (χ0) is 18.1. The number of carbonyl (C=O) groups is 1. The molecule has 2 fully saturated rings. The highest BCUT2D eigenvalue weighted by Crippen LogP contribution is 2.43. The molecule has 0 saturated carbocycles. The molecule has 4 rings (SSSR count). The predicted octanol–water partition coefficient (Wildman–Crippen LogP) is 3.48. The van der Waals surface area contributed by atoms with Crippen molar-refractivity contribution in [1.29, 1.82) is 0 Å². The van der Waals surface area contributed by atoms with Crippen molar-refractivity contribution in [2.75, 3.05) is 33.3 Å².